The van der Waals surface area contributed by atoms with Gasteiger partial charge in [0, 0.05) is 23.5 Å². The summed E-state index contributed by atoms with van der Waals surface area (Å²) >= 11 is 6.09. The van der Waals surface area contributed by atoms with Crippen LogP contribution < -0.4 is 4.90 Å². The van der Waals surface area contributed by atoms with Crippen molar-refractivity contribution in [1.29, 1.82) is 0 Å². The van der Waals surface area contributed by atoms with Gasteiger partial charge < -0.3 is 4.90 Å². The van der Waals surface area contributed by atoms with E-state index < -0.39 is 0 Å². The molecule has 1 aliphatic rings. The van der Waals surface area contributed by atoms with Crippen LogP contribution in [-0.4, -0.2) is 11.5 Å². The molecule has 0 aliphatic carbocycles. The van der Waals surface area contributed by atoms with E-state index in [-0.39, 0.29) is 5.82 Å². The maximum Gasteiger partial charge on any atom is 0.137 e. The number of rotatable bonds is 2. The van der Waals surface area contributed by atoms with Gasteiger partial charge in [-0.25, -0.2) is 9.37 Å². The van der Waals surface area contributed by atoms with E-state index in [1.54, 1.807) is 6.07 Å². The summed E-state index contributed by atoms with van der Waals surface area (Å²) in [7, 11) is 0. The zero-order valence-corrected chi connectivity index (χ0v) is 12.3. The normalized spacial score (nSPS) is 13.7. The molecular formula is C16H16ClFN2. The fourth-order valence-corrected chi connectivity index (χ4v) is 3.13. The number of anilines is 2. The van der Waals surface area contributed by atoms with Crippen molar-refractivity contribution in [3.05, 3.63) is 52.5 Å². The van der Waals surface area contributed by atoms with Crippen molar-refractivity contribution in [2.24, 2.45) is 0 Å². The molecule has 0 radical (unpaired) electrons. The quantitative estimate of drug-likeness (QED) is 0.768. The Hall–Kier alpha value is -1.61. The number of alkyl halides is 1. The van der Waals surface area contributed by atoms with Gasteiger partial charge in [0.05, 0.1) is 5.88 Å². The first-order valence-corrected chi connectivity index (χ1v) is 7.22. The minimum atomic E-state index is -0.215. The molecule has 0 saturated heterocycles. The first kappa shape index (κ1) is 13.4. The first-order valence-electron chi connectivity index (χ1n) is 6.69. The largest absolute Gasteiger partial charge is 0.325 e. The van der Waals surface area contributed by atoms with Gasteiger partial charge in [-0.1, -0.05) is 6.07 Å². The topological polar surface area (TPSA) is 16.1 Å². The summed E-state index contributed by atoms with van der Waals surface area (Å²) in [5.41, 5.74) is 5.18. The number of benzene rings is 1. The highest BCUT2D eigenvalue weighted by Gasteiger charge is 2.24. The number of hydrogen-bond donors (Lipinski definition) is 0. The molecule has 2 nitrogen and oxygen atoms in total. The van der Waals surface area contributed by atoms with Crippen LogP contribution in [0.2, 0.25) is 0 Å². The van der Waals surface area contributed by atoms with Crippen molar-refractivity contribution in [3.63, 3.8) is 0 Å². The molecule has 0 unspecified atom stereocenters. The molecule has 0 amide bonds. The van der Waals surface area contributed by atoms with Gasteiger partial charge >= 0.3 is 0 Å². The molecule has 4 heteroatoms. The molecule has 0 N–H and O–H groups in total. The number of nitrogens with zero attached hydrogens (tertiary/aromatic N) is 2. The number of hydrogen-bond acceptors (Lipinski definition) is 2. The molecular weight excluding hydrogens is 275 g/mol. The predicted octanol–water partition coefficient (Wildman–Crippen LogP) is 4.27. The van der Waals surface area contributed by atoms with Crippen LogP contribution in [0.4, 0.5) is 15.9 Å². The fourth-order valence-electron chi connectivity index (χ4n) is 2.80. The van der Waals surface area contributed by atoms with Crippen molar-refractivity contribution in [2.45, 2.75) is 26.1 Å². The molecule has 104 valence electrons. The lowest BCUT2D eigenvalue weighted by Crippen LogP contribution is -2.18. The zero-order valence-electron chi connectivity index (χ0n) is 11.6. The van der Waals surface area contributed by atoms with E-state index >= 15 is 0 Å². The van der Waals surface area contributed by atoms with Gasteiger partial charge in [0.2, 0.25) is 0 Å². The van der Waals surface area contributed by atoms with Crippen molar-refractivity contribution < 1.29 is 4.39 Å². The SMILES string of the molecule is Cc1cc(C)c(CCl)c(N2CCc3ccc(F)cc32)n1. The Morgan fingerprint density at radius 1 is 1.30 bits per heavy atom. The third-order valence-corrected chi connectivity index (χ3v) is 4.05. The van der Waals surface area contributed by atoms with E-state index in [1.807, 2.05) is 26.0 Å². The van der Waals surface area contributed by atoms with Crippen LogP contribution in [0.15, 0.2) is 24.3 Å². The van der Waals surface area contributed by atoms with Crippen LogP contribution in [0.5, 0.6) is 0 Å². The predicted molar refractivity (Wildman–Crippen MR) is 80.4 cm³/mol. The van der Waals surface area contributed by atoms with E-state index in [0.717, 1.165) is 46.9 Å². The summed E-state index contributed by atoms with van der Waals surface area (Å²) in [6.45, 7) is 4.83. The Kier molecular flexibility index (Phi) is 3.38. The minimum absolute atomic E-state index is 0.215. The van der Waals surface area contributed by atoms with Crippen molar-refractivity contribution >= 4 is 23.1 Å². The second kappa shape index (κ2) is 5.06. The molecule has 0 fully saturated rings. The van der Waals surface area contributed by atoms with Gasteiger partial charge in [0.25, 0.3) is 0 Å². The van der Waals surface area contributed by atoms with Gasteiger partial charge in [0.1, 0.15) is 11.6 Å². The molecule has 0 atom stereocenters. The monoisotopic (exact) mass is 290 g/mol. The van der Waals surface area contributed by atoms with E-state index in [4.69, 9.17) is 11.6 Å². The first-order chi connectivity index (χ1) is 9.60. The molecule has 0 spiro atoms. The average molecular weight is 291 g/mol. The van der Waals surface area contributed by atoms with Crippen molar-refractivity contribution in [1.82, 2.24) is 4.98 Å². The van der Waals surface area contributed by atoms with E-state index in [9.17, 15) is 4.39 Å². The summed E-state index contributed by atoms with van der Waals surface area (Å²) in [6.07, 6.45) is 0.909. The highest BCUT2D eigenvalue weighted by molar-refractivity contribution is 6.17. The maximum absolute atomic E-state index is 13.5. The third kappa shape index (κ3) is 2.16. The molecule has 2 aromatic rings. The Labute approximate surface area is 123 Å². The smallest absolute Gasteiger partial charge is 0.137 e. The molecule has 1 aliphatic heterocycles. The van der Waals surface area contributed by atoms with Gasteiger partial charge in [-0.15, -0.1) is 11.6 Å². The van der Waals surface area contributed by atoms with Gasteiger partial charge in [0.15, 0.2) is 0 Å². The average Bonchev–Trinajstić information content (AvgIpc) is 2.80. The van der Waals surface area contributed by atoms with Crippen LogP contribution in [-0.2, 0) is 12.3 Å². The number of pyridine rings is 1. The van der Waals surface area contributed by atoms with E-state index in [1.165, 1.54) is 6.07 Å². The van der Waals surface area contributed by atoms with E-state index in [2.05, 4.69) is 9.88 Å². The molecule has 1 aromatic carbocycles. The number of halogens is 2. The zero-order chi connectivity index (χ0) is 14.3. The second-order valence-corrected chi connectivity index (χ2v) is 5.46. The Balaban J connectivity index is 2.15. The highest BCUT2D eigenvalue weighted by Crippen LogP contribution is 2.37. The molecule has 0 bridgehead atoms. The number of aryl methyl sites for hydroxylation is 2. The molecule has 20 heavy (non-hydrogen) atoms. The lowest BCUT2D eigenvalue weighted by molar-refractivity contribution is 0.628. The highest BCUT2D eigenvalue weighted by atomic mass is 35.5. The summed E-state index contributed by atoms with van der Waals surface area (Å²) < 4.78 is 13.5. The Morgan fingerprint density at radius 2 is 2.10 bits per heavy atom. The summed E-state index contributed by atoms with van der Waals surface area (Å²) in [5, 5.41) is 0. The molecule has 0 saturated carbocycles. The van der Waals surface area contributed by atoms with Crippen LogP contribution in [0, 0.1) is 19.7 Å². The number of aromatic nitrogens is 1. The summed E-state index contributed by atoms with van der Waals surface area (Å²) in [6, 6.07) is 6.98. The van der Waals surface area contributed by atoms with E-state index in [0.29, 0.717) is 5.88 Å². The minimum Gasteiger partial charge on any atom is -0.325 e. The van der Waals surface area contributed by atoms with Crippen molar-refractivity contribution in [3.8, 4) is 0 Å². The molecule has 1 aromatic heterocycles. The van der Waals surface area contributed by atoms with Crippen molar-refractivity contribution in [2.75, 3.05) is 11.4 Å². The maximum atomic E-state index is 13.5. The molecule has 3 rings (SSSR count). The molecule has 2 heterocycles. The fraction of sp³-hybridized carbons (Fsp3) is 0.312. The Bertz CT molecular complexity index is 670. The third-order valence-electron chi connectivity index (χ3n) is 3.79. The summed E-state index contributed by atoms with van der Waals surface area (Å²) in [5.74, 6) is 1.06. The van der Waals surface area contributed by atoms with Crippen LogP contribution in [0.25, 0.3) is 0 Å². The second-order valence-electron chi connectivity index (χ2n) is 5.19. The van der Waals surface area contributed by atoms with Crippen LogP contribution in [0.3, 0.4) is 0 Å². The van der Waals surface area contributed by atoms with Gasteiger partial charge in [-0.3, -0.25) is 0 Å². The lowest BCUT2D eigenvalue weighted by atomic mass is 10.1. The Morgan fingerprint density at radius 3 is 2.85 bits per heavy atom. The van der Waals surface area contributed by atoms with Crippen LogP contribution >= 0.6 is 11.6 Å². The van der Waals surface area contributed by atoms with Gasteiger partial charge in [-0.2, -0.15) is 0 Å². The number of fused-ring (bicyclic) bond motifs is 1. The summed E-state index contributed by atoms with van der Waals surface area (Å²) in [4.78, 5) is 6.71. The lowest BCUT2D eigenvalue weighted by Gasteiger charge is -2.22. The standard InChI is InChI=1S/C16H16ClFN2/c1-10-7-11(2)19-16(14(10)9-17)20-6-5-12-3-4-13(18)8-15(12)20/h3-4,7-8H,5-6,9H2,1-2H3. The van der Waals surface area contributed by atoms with Crippen LogP contribution in [0.1, 0.15) is 22.4 Å². The van der Waals surface area contributed by atoms with Gasteiger partial charge in [-0.05, 0) is 49.6 Å².